The van der Waals surface area contributed by atoms with E-state index in [0.29, 0.717) is 25.1 Å². The molecule has 1 aromatic carbocycles. The van der Waals surface area contributed by atoms with Crippen molar-refractivity contribution in [1.82, 2.24) is 14.7 Å². The molecule has 0 spiro atoms. The number of halogens is 1. The maximum absolute atomic E-state index is 12.2. The van der Waals surface area contributed by atoms with Crippen LogP contribution in [-0.4, -0.2) is 44.9 Å². The lowest BCUT2D eigenvalue weighted by atomic mass is 10.3. The van der Waals surface area contributed by atoms with E-state index in [0.717, 1.165) is 10.2 Å². The van der Waals surface area contributed by atoms with Crippen LogP contribution in [-0.2, 0) is 0 Å². The molecule has 1 saturated heterocycles. The monoisotopic (exact) mass is 335 g/mol. The molecule has 104 valence electrons. The van der Waals surface area contributed by atoms with E-state index in [2.05, 4.69) is 21.0 Å². The van der Waals surface area contributed by atoms with Crippen LogP contribution in [0.25, 0.3) is 5.69 Å². The predicted molar refractivity (Wildman–Crippen MR) is 77.8 cm³/mol. The minimum atomic E-state index is -0.402. The van der Waals surface area contributed by atoms with Gasteiger partial charge in [-0.15, -0.1) is 0 Å². The van der Waals surface area contributed by atoms with Crippen LogP contribution in [0.3, 0.4) is 0 Å². The summed E-state index contributed by atoms with van der Waals surface area (Å²) in [5, 5.41) is 13.7. The Bertz CT molecular complexity index is 624. The molecule has 1 N–H and O–H groups in total. The van der Waals surface area contributed by atoms with Crippen LogP contribution in [0, 0.1) is 0 Å². The average Bonchev–Trinajstić information content (AvgIpc) is 3.08. The van der Waals surface area contributed by atoms with Crippen molar-refractivity contribution in [3.63, 3.8) is 0 Å². The SMILES string of the molecule is O=C(c1cnn(-c2ccc(Br)cc2)c1)N1CC[C@@H](O)C1. The van der Waals surface area contributed by atoms with E-state index >= 15 is 0 Å². The van der Waals surface area contributed by atoms with E-state index in [-0.39, 0.29) is 5.91 Å². The number of hydrogen-bond donors (Lipinski definition) is 1. The molecule has 1 aromatic heterocycles. The molecule has 20 heavy (non-hydrogen) atoms. The molecule has 0 bridgehead atoms. The maximum atomic E-state index is 12.2. The highest BCUT2D eigenvalue weighted by Gasteiger charge is 2.26. The van der Waals surface area contributed by atoms with Gasteiger partial charge < -0.3 is 10.0 Å². The molecule has 5 nitrogen and oxygen atoms in total. The minimum Gasteiger partial charge on any atom is -0.391 e. The Balaban J connectivity index is 1.79. The molecule has 3 rings (SSSR count). The summed E-state index contributed by atoms with van der Waals surface area (Å²) in [5.41, 5.74) is 1.44. The molecule has 0 radical (unpaired) electrons. The third kappa shape index (κ3) is 2.62. The Morgan fingerprint density at radius 2 is 2.10 bits per heavy atom. The largest absolute Gasteiger partial charge is 0.391 e. The molecule has 1 atom stereocenters. The van der Waals surface area contributed by atoms with Crippen molar-refractivity contribution < 1.29 is 9.90 Å². The first-order valence-corrected chi connectivity index (χ1v) is 7.21. The number of amides is 1. The molecule has 0 unspecified atom stereocenters. The highest BCUT2D eigenvalue weighted by atomic mass is 79.9. The van der Waals surface area contributed by atoms with Gasteiger partial charge in [-0.25, -0.2) is 4.68 Å². The van der Waals surface area contributed by atoms with E-state index in [4.69, 9.17) is 0 Å². The zero-order valence-electron chi connectivity index (χ0n) is 10.7. The number of aliphatic hydroxyl groups excluding tert-OH is 1. The second kappa shape index (κ2) is 5.38. The number of benzene rings is 1. The van der Waals surface area contributed by atoms with Crippen molar-refractivity contribution in [2.75, 3.05) is 13.1 Å². The van der Waals surface area contributed by atoms with Crippen LogP contribution in [0.4, 0.5) is 0 Å². The highest BCUT2D eigenvalue weighted by Crippen LogP contribution is 2.16. The lowest BCUT2D eigenvalue weighted by Crippen LogP contribution is -2.29. The molecule has 1 aliphatic rings. The van der Waals surface area contributed by atoms with Crippen LogP contribution in [0.1, 0.15) is 16.8 Å². The normalized spacial score (nSPS) is 18.5. The third-order valence-electron chi connectivity index (χ3n) is 3.37. The van der Waals surface area contributed by atoms with Crippen molar-refractivity contribution in [1.29, 1.82) is 0 Å². The summed E-state index contributed by atoms with van der Waals surface area (Å²) in [7, 11) is 0. The van der Waals surface area contributed by atoms with Gasteiger partial charge in [-0.3, -0.25) is 4.79 Å². The lowest BCUT2D eigenvalue weighted by molar-refractivity contribution is 0.0765. The Hall–Kier alpha value is -1.66. The second-order valence-electron chi connectivity index (χ2n) is 4.84. The van der Waals surface area contributed by atoms with E-state index < -0.39 is 6.10 Å². The molecule has 1 aliphatic heterocycles. The van der Waals surface area contributed by atoms with Crippen molar-refractivity contribution >= 4 is 21.8 Å². The number of aromatic nitrogens is 2. The fraction of sp³-hybridized carbons (Fsp3) is 0.286. The highest BCUT2D eigenvalue weighted by molar-refractivity contribution is 9.10. The number of hydrogen-bond acceptors (Lipinski definition) is 3. The van der Waals surface area contributed by atoms with Gasteiger partial charge in [0, 0.05) is 23.8 Å². The third-order valence-corrected chi connectivity index (χ3v) is 3.90. The summed E-state index contributed by atoms with van der Waals surface area (Å²) in [6, 6.07) is 7.70. The van der Waals surface area contributed by atoms with Crippen molar-refractivity contribution in [2.45, 2.75) is 12.5 Å². The van der Waals surface area contributed by atoms with Crippen LogP contribution in [0.2, 0.25) is 0 Å². The van der Waals surface area contributed by atoms with E-state index in [1.165, 1.54) is 0 Å². The van der Waals surface area contributed by atoms with Crippen molar-refractivity contribution in [3.8, 4) is 5.69 Å². The number of aliphatic hydroxyl groups is 1. The number of nitrogens with zero attached hydrogens (tertiary/aromatic N) is 3. The van der Waals surface area contributed by atoms with Gasteiger partial charge in [0.25, 0.3) is 5.91 Å². The topological polar surface area (TPSA) is 58.4 Å². The minimum absolute atomic E-state index is 0.0788. The smallest absolute Gasteiger partial charge is 0.257 e. The molecule has 2 heterocycles. The molecular formula is C14H14BrN3O2. The average molecular weight is 336 g/mol. The number of rotatable bonds is 2. The van der Waals surface area contributed by atoms with Crippen molar-refractivity contribution in [3.05, 3.63) is 46.7 Å². The van der Waals surface area contributed by atoms with Crippen LogP contribution in [0.5, 0.6) is 0 Å². The first-order valence-electron chi connectivity index (χ1n) is 6.41. The van der Waals surface area contributed by atoms with E-state index in [1.54, 1.807) is 22.0 Å². The van der Waals surface area contributed by atoms with Gasteiger partial charge in [0.15, 0.2) is 0 Å². The van der Waals surface area contributed by atoms with Gasteiger partial charge in [0.2, 0.25) is 0 Å². The van der Waals surface area contributed by atoms with Crippen LogP contribution in [0.15, 0.2) is 41.1 Å². The van der Waals surface area contributed by atoms with Gasteiger partial charge in [0.05, 0.1) is 23.6 Å². The first-order chi connectivity index (χ1) is 9.63. The Morgan fingerprint density at radius 1 is 1.35 bits per heavy atom. The molecular weight excluding hydrogens is 322 g/mol. The maximum Gasteiger partial charge on any atom is 0.257 e. The first kappa shape index (κ1) is 13.3. The number of β-amino-alcohol motifs (C(OH)–C–C–N with tert-alkyl or cyclic N) is 1. The standard InChI is InChI=1S/C14H14BrN3O2/c15-11-1-3-12(4-2-11)18-8-10(7-16-18)14(20)17-6-5-13(19)9-17/h1-4,7-8,13,19H,5-6,9H2/t13-/m1/s1. The molecule has 2 aromatic rings. The summed E-state index contributed by atoms with van der Waals surface area (Å²) < 4.78 is 2.67. The summed E-state index contributed by atoms with van der Waals surface area (Å²) in [4.78, 5) is 13.9. The molecule has 0 aliphatic carbocycles. The Labute approximate surface area is 124 Å². The quantitative estimate of drug-likeness (QED) is 0.911. The van der Waals surface area contributed by atoms with Gasteiger partial charge in [-0.2, -0.15) is 5.10 Å². The van der Waals surface area contributed by atoms with E-state index in [9.17, 15) is 9.90 Å². The summed E-state index contributed by atoms with van der Waals surface area (Å²) in [6.07, 6.45) is 3.53. The summed E-state index contributed by atoms with van der Waals surface area (Å²) >= 11 is 3.38. The second-order valence-corrected chi connectivity index (χ2v) is 5.76. The number of carbonyl (C=O) groups is 1. The van der Waals surface area contributed by atoms with Gasteiger partial charge in [-0.05, 0) is 30.7 Å². The zero-order chi connectivity index (χ0) is 14.1. The molecule has 0 saturated carbocycles. The predicted octanol–water partition coefficient (Wildman–Crippen LogP) is 1.84. The van der Waals surface area contributed by atoms with Gasteiger partial charge in [0.1, 0.15) is 0 Å². The lowest BCUT2D eigenvalue weighted by Gasteiger charge is -2.13. The number of likely N-dealkylation sites (tertiary alicyclic amines) is 1. The Morgan fingerprint density at radius 3 is 2.75 bits per heavy atom. The van der Waals surface area contributed by atoms with Gasteiger partial charge in [-0.1, -0.05) is 15.9 Å². The van der Waals surface area contributed by atoms with Crippen molar-refractivity contribution in [2.24, 2.45) is 0 Å². The summed E-state index contributed by atoms with van der Waals surface area (Å²) in [5.74, 6) is -0.0788. The Kier molecular flexibility index (Phi) is 3.58. The summed E-state index contributed by atoms with van der Waals surface area (Å²) in [6.45, 7) is 1.01. The fourth-order valence-electron chi connectivity index (χ4n) is 2.28. The molecule has 1 amide bonds. The van der Waals surface area contributed by atoms with Gasteiger partial charge >= 0.3 is 0 Å². The zero-order valence-corrected chi connectivity index (χ0v) is 12.3. The molecule has 1 fully saturated rings. The fourth-order valence-corrected chi connectivity index (χ4v) is 2.54. The van der Waals surface area contributed by atoms with E-state index in [1.807, 2.05) is 24.3 Å². The van der Waals surface area contributed by atoms with Crippen LogP contribution >= 0.6 is 15.9 Å². The molecule has 6 heteroatoms. The number of carbonyl (C=O) groups excluding carboxylic acids is 1. The van der Waals surface area contributed by atoms with Crippen LogP contribution < -0.4 is 0 Å².